The molecule has 3 amide bonds. The lowest BCUT2D eigenvalue weighted by atomic mass is 9.93. The maximum atomic E-state index is 14.1. The highest BCUT2D eigenvalue weighted by atomic mass is 31.2. The van der Waals surface area contributed by atoms with Gasteiger partial charge >= 0.3 is 6.09 Å². The predicted octanol–water partition coefficient (Wildman–Crippen LogP) is 9.95. The number of imide groups is 1. The highest BCUT2D eigenvalue weighted by Crippen LogP contribution is 2.55. The Morgan fingerprint density at radius 1 is 0.679 bits per heavy atom. The number of benzene rings is 6. The summed E-state index contributed by atoms with van der Waals surface area (Å²) in [5.41, 5.74) is 2.16. The van der Waals surface area contributed by atoms with Gasteiger partial charge in [-0.25, -0.2) is 4.79 Å². The minimum Gasteiger partial charge on any atom is -0.544 e. The minimum atomic E-state index is -2.14. The lowest BCUT2D eigenvalue weighted by molar-refractivity contribution is 0.0611. The first-order valence-corrected chi connectivity index (χ1v) is 24.0. The van der Waals surface area contributed by atoms with Gasteiger partial charge in [0.2, 0.25) is 8.32 Å². The molecule has 1 N–H and O–H groups in total. The molecule has 0 bridgehead atoms. The Bertz CT molecular complexity index is 2240. The Hall–Kier alpha value is -5.56. The molecule has 6 aromatic rings. The van der Waals surface area contributed by atoms with E-state index in [4.69, 9.17) is 9.16 Å². The second-order valence-corrected chi connectivity index (χ2v) is 24.1. The van der Waals surface area contributed by atoms with Crippen LogP contribution in [-0.2, 0) is 11.3 Å². The number of hydrogen-bond donors (Lipinski definition) is 1. The molecule has 0 fully saturated rings. The van der Waals surface area contributed by atoms with Gasteiger partial charge in [0.25, 0.3) is 11.8 Å². The van der Waals surface area contributed by atoms with Gasteiger partial charge < -0.3 is 9.16 Å². The molecule has 0 radical (unpaired) electrons. The first-order valence-electron chi connectivity index (χ1n) is 19.1. The van der Waals surface area contributed by atoms with Crippen LogP contribution in [0, 0.1) is 0 Å². The molecule has 0 saturated heterocycles. The van der Waals surface area contributed by atoms with Crippen LogP contribution in [0.2, 0.25) is 18.1 Å². The minimum absolute atomic E-state index is 0.0712. The molecule has 0 atom stereocenters. The van der Waals surface area contributed by atoms with E-state index >= 15 is 0 Å². The van der Waals surface area contributed by atoms with Crippen molar-refractivity contribution in [1.29, 1.82) is 0 Å². The zero-order valence-corrected chi connectivity index (χ0v) is 34.5. The van der Waals surface area contributed by atoms with E-state index in [9.17, 15) is 14.4 Å². The number of rotatable bonds is 12. The van der Waals surface area contributed by atoms with Crippen molar-refractivity contribution < 1.29 is 23.5 Å². The van der Waals surface area contributed by atoms with Crippen LogP contribution < -0.4 is 25.7 Å². The van der Waals surface area contributed by atoms with E-state index in [-0.39, 0.29) is 30.0 Å². The molecule has 0 aromatic heterocycles. The van der Waals surface area contributed by atoms with E-state index in [1.807, 2.05) is 48.5 Å². The third-order valence-corrected chi connectivity index (χ3v) is 20.1. The zero-order chi connectivity index (χ0) is 39.5. The maximum Gasteiger partial charge on any atom is 0.411 e. The van der Waals surface area contributed by atoms with Crippen LogP contribution in [0.25, 0.3) is 10.8 Å². The molecular weight excluding hydrogens is 732 g/mol. The summed E-state index contributed by atoms with van der Waals surface area (Å²) in [6, 6.07) is 48.2. The van der Waals surface area contributed by atoms with Crippen molar-refractivity contribution >= 4 is 65.9 Å². The largest absolute Gasteiger partial charge is 0.544 e. The van der Waals surface area contributed by atoms with Crippen molar-refractivity contribution in [1.82, 2.24) is 4.90 Å². The average Bonchev–Trinajstić information content (AvgIpc) is 3.20. The molecular formula is C47H48N2O5PSi+. The molecule has 0 saturated carbocycles. The van der Waals surface area contributed by atoms with E-state index < -0.39 is 21.7 Å². The van der Waals surface area contributed by atoms with Crippen LogP contribution in [0.4, 0.5) is 10.5 Å². The molecule has 1 aliphatic rings. The number of carbonyl (C=O) groups excluding carboxylic acids is 3. The highest BCUT2D eigenvalue weighted by Gasteiger charge is 2.45. The van der Waals surface area contributed by atoms with E-state index in [0.717, 1.165) is 17.5 Å². The van der Waals surface area contributed by atoms with Crippen LogP contribution in [0.1, 0.15) is 53.5 Å². The van der Waals surface area contributed by atoms with E-state index in [0.29, 0.717) is 34.0 Å². The SMILES string of the molecule is CC(C)(C)[Si](C)(C)Oc1ccc(COC(=O)Nc2ccc3c4c(cccc24)C(=O)N(CCC[P+](c2ccccc2)(c2ccccc2)c2ccccc2)C3=O)cc1. The fourth-order valence-corrected chi connectivity index (χ4v) is 12.6. The van der Waals surface area contributed by atoms with E-state index in [1.54, 1.807) is 24.3 Å². The van der Waals surface area contributed by atoms with Gasteiger partial charge in [-0.2, -0.15) is 0 Å². The van der Waals surface area contributed by atoms with Gasteiger partial charge in [-0.1, -0.05) is 99.6 Å². The number of ether oxygens (including phenoxy) is 1. The molecule has 7 nitrogen and oxygen atoms in total. The number of anilines is 1. The number of nitrogens with one attached hydrogen (secondary N) is 1. The second-order valence-electron chi connectivity index (χ2n) is 15.8. The van der Waals surface area contributed by atoms with Gasteiger partial charge in [0.15, 0.2) is 0 Å². The smallest absolute Gasteiger partial charge is 0.411 e. The van der Waals surface area contributed by atoms with Crippen LogP contribution in [0.15, 0.2) is 146 Å². The molecule has 1 aliphatic heterocycles. The Morgan fingerprint density at radius 3 is 1.75 bits per heavy atom. The fraction of sp³-hybridized carbons (Fsp3) is 0.213. The average molecular weight is 780 g/mol. The molecule has 0 aliphatic carbocycles. The summed E-state index contributed by atoms with van der Waals surface area (Å²) >= 11 is 0. The number of hydrogen-bond acceptors (Lipinski definition) is 5. The normalized spacial score (nSPS) is 13.1. The molecule has 0 spiro atoms. The molecule has 284 valence electrons. The van der Waals surface area contributed by atoms with Crippen molar-refractivity contribution in [3.05, 3.63) is 162 Å². The summed E-state index contributed by atoms with van der Waals surface area (Å²) in [7, 11) is -4.11. The van der Waals surface area contributed by atoms with Crippen molar-refractivity contribution in [3.63, 3.8) is 0 Å². The third-order valence-electron chi connectivity index (χ3n) is 11.2. The molecule has 0 unspecified atom stereocenters. The summed E-state index contributed by atoms with van der Waals surface area (Å²) < 4.78 is 12.0. The van der Waals surface area contributed by atoms with E-state index in [1.165, 1.54) is 20.8 Å². The number of carbonyl (C=O) groups is 3. The summed E-state index contributed by atoms with van der Waals surface area (Å²) in [5, 5.41) is 7.83. The Labute approximate surface area is 331 Å². The lowest BCUT2D eigenvalue weighted by Gasteiger charge is -2.36. The number of amides is 3. The number of nitrogens with zero attached hydrogens (tertiary/aromatic N) is 1. The predicted molar refractivity (Wildman–Crippen MR) is 232 cm³/mol. The van der Waals surface area contributed by atoms with Crippen molar-refractivity contribution in [2.45, 2.75) is 51.9 Å². The van der Waals surface area contributed by atoms with Crippen molar-refractivity contribution in [3.8, 4) is 5.75 Å². The highest BCUT2D eigenvalue weighted by molar-refractivity contribution is 7.95. The first kappa shape index (κ1) is 38.7. The van der Waals surface area contributed by atoms with Crippen molar-refractivity contribution in [2.75, 3.05) is 18.0 Å². The standard InChI is InChI=1S/C47H47N2O5PSi/c1-47(2,3)56(4,5)54-35-27-25-34(26-28-35)33-53-46(52)48-42-30-29-41-43-39(42)23-15-24-40(43)44(50)49(45(41)51)31-16-32-55(36-17-9-6-10-18-36,37-19-11-7-12-20-37)38-21-13-8-14-22-38/h6-15,17-30H,16,31-33H2,1-5H3/p+1. The third kappa shape index (κ3) is 7.64. The van der Waals surface area contributed by atoms with Gasteiger partial charge in [0.1, 0.15) is 35.5 Å². The molecule has 6 aromatic carbocycles. The Morgan fingerprint density at radius 2 is 1.21 bits per heavy atom. The van der Waals surface area contributed by atoms with Crippen LogP contribution in [0.5, 0.6) is 5.75 Å². The van der Waals surface area contributed by atoms with Gasteiger partial charge in [-0.15, -0.1) is 0 Å². The van der Waals surface area contributed by atoms with Crippen LogP contribution in [0.3, 0.4) is 0 Å². The van der Waals surface area contributed by atoms with Gasteiger partial charge in [-0.3, -0.25) is 19.8 Å². The van der Waals surface area contributed by atoms with Crippen LogP contribution in [-0.4, -0.2) is 43.8 Å². The van der Waals surface area contributed by atoms with Crippen molar-refractivity contribution in [2.24, 2.45) is 0 Å². The Balaban J connectivity index is 1.07. The monoisotopic (exact) mass is 779 g/mol. The molecule has 7 rings (SSSR count). The zero-order valence-electron chi connectivity index (χ0n) is 32.6. The fourth-order valence-electron chi connectivity index (χ4n) is 7.20. The van der Waals surface area contributed by atoms with E-state index in [2.05, 4.69) is 112 Å². The summed E-state index contributed by atoms with van der Waals surface area (Å²) in [6.07, 6.45) is 0.760. The van der Waals surface area contributed by atoms with Gasteiger partial charge in [0.05, 0.1) is 11.8 Å². The molecule has 9 heteroatoms. The Kier molecular flexibility index (Phi) is 11.0. The topological polar surface area (TPSA) is 84.9 Å². The summed E-state index contributed by atoms with van der Waals surface area (Å²) in [6.45, 7) is 11.4. The lowest BCUT2D eigenvalue weighted by Crippen LogP contribution is -2.43. The summed E-state index contributed by atoms with van der Waals surface area (Å²) in [4.78, 5) is 42.7. The molecule has 56 heavy (non-hydrogen) atoms. The second kappa shape index (κ2) is 15.9. The maximum absolute atomic E-state index is 14.1. The van der Waals surface area contributed by atoms with Gasteiger partial charge in [-0.05, 0) is 90.4 Å². The quantitative estimate of drug-likeness (QED) is 0.0760. The first-order chi connectivity index (χ1) is 26.9. The van der Waals surface area contributed by atoms with Gasteiger partial charge in [0, 0.05) is 34.9 Å². The molecule has 1 heterocycles. The van der Waals surface area contributed by atoms with Crippen LogP contribution >= 0.6 is 7.26 Å². The summed E-state index contributed by atoms with van der Waals surface area (Å²) in [5.74, 6) is 0.131.